The van der Waals surface area contributed by atoms with E-state index < -0.39 is 0 Å². The molecule has 4 heteroatoms. The van der Waals surface area contributed by atoms with Crippen LogP contribution in [0.1, 0.15) is 16.7 Å². The first kappa shape index (κ1) is 12.8. The van der Waals surface area contributed by atoms with Gasteiger partial charge in [0.05, 0.1) is 5.88 Å². The normalized spacial score (nSPS) is 10.4. The average molecular weight is 262 g/mol. The van der Waals surface area contributed by atoms with Crippen LogP contribution in [-0.4, -0.2) is 17.0 Å². The maximum atomic E-state index is 5.71. The van der Waals surface area contributed by atoms with Gasteiger partial charge in [-0.1, -0.05) is 29.8 Å². The second-order valence-corrected chi connectivity index (χ2v) is 4.63. The lowest BCUT2D eigenvalue weighted by atomic mass is 10.1. The summed E-state index contributed by atoms with van der Waals surface area (Å²) < 4.78 is 0. The fourth-order valence-electron chi connectivity index (χ4n) is 1.65. The minimum absolute atomic E-state index is 0.446. The number of aromatic nitrogens is 2. The molecule has 0 aliphatic carbocycles. The van der Waals surface area contributed by atoms with E-state index in [2.05, 4.69) is 41.2 Å². The van der Waals surface area contributed by atoms with Crippen molar-refractivity contribution in [1.29, 1.82) is 0 Å². The molecule has 0 unspecified atom stereocenters. The number of anilines is 1. The SMILES string of the molecule is Cc1ccc(CN(C)c2ncc(CCl)cn2)cc1. The van der Waals surface area contributed by atoms with Crippen molar-refractivity contribution in [1.82, 2.24) is 9.97 Å². The van der Waals surface area contributed by atoms with Gasteiger partial charge < -0.3 is 4.90 Å². The highest BCUT2D eigenvalue weighted by atomic mass is 35.5. The highest BCUT2D eigenvalue weighted by Gasteiger charge is 2.05. The number of hydrogen-bond donors (Lipinski definition) is 0. The Morgan fingerprint density at radius 2 is 1.67 bits per heavy atom. The van der Waals surface area contributed by atoms with Crippen LogP contribution in [0.5, 0.6) is 0 Å². The highest BCUT2D eigenvalue weighted by molar-refractivity contribution is 6.17. The number of nitrogens with zero attached hydrogens (tertiary/aromatic N) is 3. The predicted molar refractivity (Wildman–Crippen MR) is 74.9 cm³/mol. The molecule has 0 radical (unpaired) electrons. The summed E-state index contributed by atoms with van der Waals surface area (Å²) in [5.41, 5.74) is 3.45. The summed E-state index contributed by atoms with van der Waals surface area (Å²) in [5.74, 6) is 1.16. The lowest BCUT2D eigenvalue weighted by Gasteiger charge is -2.17. The van der Waals surface area contributed by atoms with Crippen molar-refractivity contribution in [3.8, 4) is 0 Å². The van der Waals surface area contributed by atoms with E-state index in [1.807, 2.05) is 11.9 Å². The number of hydrogen-bond acceptors (Lipinski definition) is 3. The van der Waals surface area contributed by atoms with Crippen molar-refractivity contribution in [3.05, 3.63) is 53.3 Å². The van der Waals surface area contributed by atoms with Crippen LogP contribution in [-0.2, 0) is 12.4 Å². The molecule has 0 aliphatic rings. The van der Waals surface area contributed by atoms with Crippen molar-refractivity contribution in [2.75, 3.05) is 11.9 Å². The minimum Gasteiger partial charge on any atom is -0.340 e. The molecule has 2 aromatic rings. The van der Waals surface area contributed by atoms with E-state index in [1.165, 1.54) is 11.1 Å². The van der Waals surface area contributed by atoms with Crippen LogP contribution in [0.2, 0.25) is 0 Å². The van der Waals surface area contributed by atoms with Gasteiger partial charge in [0, 0.05) is 31.5 Å². The Morgan fingerprint density at radius 3 is 2.22 bits per heavy atom. The number of aryl methyl sites for hydroxylation is 1. The van der Waals surface area contributed by atoms with Crippen molar-refractivity contribution >= 4 is 17.5 Å². The summed E-state index contributed by atoms with van der Waals surface area (Å²) in [6.07, 6.45) is 3.53. The Balaban J connectivity index is 2.06. The van der Waals surface area contributed by atoms with E-state index in [4.69, 9.17) is 11.6 Å². The molecule has 0 spiro atoms. The summed E-state index contributed by atoms with van der Waals surface area (Å²) in [7, 11) is 1.98. The number of benzene rings is 1. The molecule has 0 aliphatic heterocycles. The maximum absolute atomic E-state index is 5.71. The van der Waals surface area contributed by atoms with Gasteiger partial charge in [-0.25, -0.2) is 9.97 Å². The highest BCUT2D eigenvalue weighted by Crippen LogP contribution is 2.11. The molecule has 1 aromatic carbocycles. The van der Waals surface area contributed by atoms with E-state index >= 15 is 0 Å². The number of halogens is 1. The fourth-order valence-corrected chi connectivity index (χ4v) is 1.79. The second kappa shape index (κ2) is 5.83. The van der Waals surface area contributed by atoms with Crippen molar-refractivity contribution in [2.45, 2.75) is 19.3 Å². The van der Waals surface area contributed by atoms with E-state index in [9.17, 15) is 0 Å². The van der Waals surface area contributed by atoms with Crippen LogP contribution in [0, 0.1) is 6.92 Å². The predicted octanol–water partition coefficient (Wildman–Crippen LogP) is 3.16. The molecule has 0 amide bonds. The van der Waals surface area contributed by atoms with Gasteiger partial charge in [-0.15, -0.1) is 11.6 Å². The Bertz CT molecular complexity index is 493. The van der Waals surface area contributed by atoms with Crippen LogP contribution >= 0.6 is 11.6 Å². The Hall–Kier alpha value is -1.61. The van der Waals surface area contributed by atoms with Crippen molar-refractivity contribution in [2.24, 2.45) is 0 Å². The van der Waals surface area contributed by atoms with Crippen LogP contribution in [0.25, 0.3) is 0 Å². The van der Waals surface area contributed by atoms with Gasteiger partial charge >= 0.3 is 0 Å². The first-order valence-electron chi connectivity index (χ1n) is 5.82. The van der Waals surface area contributed by atoms with E-state index in [-0.39, 0.29) is 0 Å². The van der Waals surface area contributed by atoms with Crippen molar-refractivity contribution < 1.29 is 0 Å². The average Bonchev–Trinajstić information content (AvgIpc) is 2.41. The molecule has 1 heterocycles. The monoisotopic (exact) mass is 261 g/mol. The van der Waals surface area contributed by atoms with Crippen LogP contribution < -0.4 is 4.90 Å². The Morgan fingerprint density at radius 1 is 1.06 bits per heavy atom. The quantitative estimate of drug-likeness (QED) is 0.792. The zero-order valence-electron chi connectivity index (χ0n) is 10.6. The zero-order chi connectivity index (χ0) is 13.0. The molecule has 0 bridgehead atoms. The van der Waals surface area contributed by atoms with Gasteiger partial charge in [-0.2, -0.15) is 0 Å². The summed E-state index contributed by atoms with van der Waals surface area (Å²) in [6, 6.07) is 8.47. The summed E-state index contributed by atoms with van der Waals surface area (Å²) in [4.78, 5) is 10.6. The summed E-state index contributed by atoms with van der Waals surface area (Å²) in [5, 5.41) is 0. The molecule has 0 saturated carbocycles. The van der Waals surface area contributed by atoms with E-state index in [0.29, 0.717) is 11.8 Å². The lowest BCUT2D eigenvalue weighted by molar-refractivity contribution is 0.862. The molecule has 0 atom stereocenters. The molecule has 0 N–H and O–H groups in total. The molecule has 1 aromatic heterocycles. The van der Waals surface area contributed by atoms with Gasteiger partial charge in [0.1, 0.15) is 0 Å². The molecule has 18 heavy (non-hydrogen) atoms. The first-order chi connectivity index (χ1) is 8.69. The maximum Gasteiger partial charge on any atom is 0.225 e. The van der Waals surface area contributed by atoms with Crippen LogP contribution in [0.3, 0.4) is 0 Å². The smallest absolute Gasteiger partial charge is 0.225 e. The second-order valence-electron chi connectivity index (χ2n) is 4.37. The summed E-state index contributed by atoms with van der Waals surface area (Å²) in [6.45, 7) is 2.88. The van der Waals surface area contributed by atoms with Crippen LogP contribution in [0.4, 0.5) is 5.95 Å². The molecule has 0 saturated heterocycles. The van der Waals surface area contributed by atoms with Gasteiger partial charge in [0.25, 0.3) is 0 Å². The number of rotatable bonds is 4. The molecule has 2 rings (SSSR count). The van der Waals surface area contributed by atoms with E-state index in [0.717, 1.165) is 12.1 Å². The topological polar surface area (TPSA) is 29.0 Å². The lowest BCUT2D eigenvalue weighted by Crippen LogP contribution is -2.19. The Kier molecular flexibility index (Phi) is 4.15. The third-order valence-electron chi connectivity index (χ3n) is 2.73. The third kappa shape index (κ3) is 3.20. The molecule has 0 fully saturated rings. The Labute approximate surface area is 112 Å². The van der Waals surface area contributed by atoms with Crippen molar-refractivity contribution in [3.63, 3.8) is 0 Å². The minimum atomic E-state index is 0.446. The largest absolute Gasteiger partial charge is 0.340 e. The third-order valence-corrected chi connectivity index (χ3v) is 3.04. The van der Waals surface area contributed by atoms with Crippen LogP contribution in [0.15, 0.2) is 36.7 Å². The molecule has 94 valence electrons. The molecule has 3 nitrogen and oxygen atoms in total. The van der Waals surface area contributed by atoms with Gasteiger partial charge in [-0.05, 0) is 12.5 Å². The summed E-state index contributed by atoms with van der Waals surface area (Å²) >= 11 is 5.71. The fraction of sp³-hybridized carbons (Fsp3) is 0.286. The first-order valence-corrected chi connectivity index (χ1v) is 6.36. The van der Waals surface area contributed by atoms with Gasteiger partial charge in [-0.3, -0.25) is 0 Å². The molecular formula is C14H16ClN3. The van der Waals surface area contributed by atoms with Gasteiger partial charge in [0.2, 0.25) is 5.95 Å². The van der Waals surface area contributed by atoms with Gasteiger partial charge in [0.15, 0.2) is 0 Å². The molecular weight excluding hydrogens is 246 g/mol. The number of alkyl halides is 1. The van der Waals surface area contributed by atoms with E-state index in [1.54, 1.807) is 12.4 Å². The standard InChI is InChI=1S/C14H16ClN3/c1-11-3-5-12(6-4-11)10-18(2)14-16-8-13(7-15)9-17-14/h3-6,8-9H,7,10H2,1-2H3. The zero-order valence-corrected chi connectivity index (χ0v) is 11.4.